The van der Waals surface area contributed by atoms with E-state index in [1.807, 2.05) is 0 Å². The molecular formula is C20H29N3O3S. The Kier molecular flexibility index (Phi) is 5.25. The second-order valence-corrected chi connectivity index (χ2v) is 10.4. The smallest absolute Gasteiger partial charge is 0.244 e. The van der Waals surface area contributed by atoms with E-state index in [0.29, 0.717) is 31.8 Å². The molecule has 2 bridgehead atoms. The highest BCUT2D eigenvalue weighted by Gasteiger charge is 2.42. The lowest BCUT2D eigenvalue weighted by Gasteiger charge is -2.33. The van der Waals surface area contributed by atoms with Crippen molar-refractivity contribution in [3.63, 3.8) is 0 Å². The van der Waals surface area contributed by atoms with Gasteiger partial charge in [-0.1, -0.05) is 6.42 Å². The summed E-state index contributed by atoms with van der Waals surface area (Å²) in [5.74, 6) is 2.30. The fourth-order valence-corrected chi connectivity index (χ4v) is 6.80. The minimum atomic E-state index is -3.51. The molecule has 2 saturated carbocycles. The summed E-state index contributed by atoms with van der Waals surface area (Å²) in [7, 11) is -3.51. The highest BCUT2D eigenvalue weighted by Crippen LogP contribution is 2.49. The number of hydrogen-bond donors (Lipinski definition) is 1. The number of piperidine rings is 1. The fourth-order valence-electron chi connectivity index (χ4n) is 5.36. The summed E-state index contributed by atoms with van der Waals surface area (Å²) in [6.07, 6.45) is 9.39. The molecule has 1 saturated heterocycles. The summed E-state index contributed by atoms with van der Waals surface area (Å²) in [6.45, 7) is 2.92. The largest absolute Gasteiger partial charge is 0.353 e. The van der Waals surface area contributed by atoms with Gasteiger partial charge in [0.15, 0.2) is 0 Å². The molecule has 4 atom stereocenters. The quantitative estimate of drug-likeness (QED) is 0.836. The normalized spacial score (nSPS) is 30.3. The average molecular weight is 392 g/mol. The molecular weight excluding hydrogens is 362 g/mol. The molecule has 2 aliphatic carbocycles. The van der Waals surface area contributed by atoms with Gasteiger partial charge in [0.2, 0.25) is 15.9 Å². The number of nitrogens with zero attached hydrogens (tertiary/aromatic N) is 2. The van der Waals surface area contributed by atoms with Crippen LogP contribution >= 0.6 is 0 Å². The summed E-state index contributed by atoms with van der Waals surface area (Å²) in [4.78, 5) is 16.8. The van der Waals surface area contributed by atoms with Crippen molar-refractivity contribution in [2.24, 2.45) is 23.7 Å². The Labute approximate surface area is 161 Å². The number of carbonyl (C=O) groups is 1. The zero-order valence-corrected chi connectivity index (χ0v) is 16.7. The van der Waals surface area contributed by atoms with E-state index in [9.17, 15) is 13.2 Å². The van der Waals surface area contributed by atoms with Gasteiger partial charge >= 0.3 is 0 Å². The van der Waals surface area contributed by atoms with Crippen LogP contribution in [0.4, 0.5) is 0 Å². The lowest BCUT2D eigenvalue weighted by Crippen LogP contribution is -2.47. The average Bonchev–Trinajstić information content (AvgIpc) is 3.32. The predicted octanol–water partition coefficient (Wildman–Crippen LogP) is 2.42. The number of hydrogen-bond acceptors (Lipinski definition) is 4. The number of nitrogens with one attached hydrogen (secondary N) is 1. The van der Waals surface area contributed by atoms with Crippen LogP contribution < -0.4 is 5.32 Å². The molecule has 0 radical (unpaired) electrons. The van der Waals surface area contributed by atoms with Gasteiger partial charge in [-0.15, -0.1) is 0 Å². The van der Waals surface area contributed by atoms with Crippen LogP contribution in [0.2, 0.25) is 0 Å². The van der Waals surface area contributed by atoms with Crippen LogP contribution in [0.5, 0.6) is 0 Å². The molecule has 1 aliphatic heterocycles. The van der Waals surface area contributed by atoms with Gasteiger partial charge in [-0.25, -0.2) is 8.42 Å². The van der Waals surface area contributed by atoms with E-state index in [1.54, 1.807) is 18.3 Å². The van der Waals surface area contributed by atoms with Crippen LogP contribution in [0.3, 0.4) is 0 Å². The predicted molar refractivity (Wildman–Crippen MR) is 102 cm³/mol. The SMILES string of the molecule is C[C@@H](NC(=O)C1CCN(S(=O)(=O)c2cccnc2)CC1)[C@@H]1C[C@@H]2CC[C@@H]1C2. The van der Waals surface area contributed by atoms with Gasteiger partial charge < -0.3 is 5.32 Å². The van der Waals surface area contributed by atoms with Crippen molar-refractivity contribution in [2.45, 2.75) is 56.4 Å². The van der Waals surface area contributed by atoms with Crippen molar-refractivity contribution in [1.82, 2.24) is 14.6 Å². The molecule has 2 heterocycles. The van der Waals surface area contributed by atoms with E-state index in [-0.39, 0.29) is 22.8 Å². The second kappa shape index (κ2) is 7.51. The molecule has 3 fully saturated rings. The first kappa shape index (κ1) is 18.9. The summed E-state index contributed by atoms with van der Waals surface area (Å²) in [6, 6.07) is 3.42. The Hall–Kier alpha value is -1.47. The molecule has 1 amide bonds. The molecule has 27 heavy (non-hydrogen) atoms. The van der Waals surface area contributed by atoms with Gasteiger partial charge in [-0.3, -0.25) is 9.78 Å². The highest BCUT2D eigenvalue weighted by atomic mass is 32.2. The fraction of sp³-hybridized carbons (Fsp3) is 0.700. The third-order valence-electron chi connectivity index (χ3n) is 6.90. The monoisotopic (exact) mass is 391 g/mol. The summed E-state index contributed by atoms with van der Waals surface area (Å²) in [5.41, 5.74) is 0. The van der Waals surface area contributed by atoms with Crippen molar-refractivity contribution in [2.75, 3.05) is 13.1 Å². The zero-order chi connectivity index (χ0) is 19.0. The number of amides is 1. The van der Waals surface area contributed by atoms with Crippen molar-refractivity contribution >= 4 is 15.9 Å². The molecule has 1 aromatic heterocycles. The van der Waals surface area contributed by atoms with Crippen molar-refractivity contribution in [1.29, 1.82) is 0 Å². The molecule has 0 spiro atoms. The molecule has 1 aromatic rings. The number of aromatic nitrogens is 1. The highest BCUT2D eigenvalue weighted by molar-refractivity contribution is 7.89. The Bertz CT molecular complexity index is 775. The molecule has 7 heteroatoms. The van der Waals surface area contributed by atoms with Gasteiger partial charge in [0.1, 0.15) is 4.90 Å². The van der Waals surface area contributed by atoms with E-state index >= 15 is 0 Å². The zero-order valence-electron chi connectivity index (χ0n) is 15.9. The molecule has 0 unspecified atom stereocenters. The number of rotatable bonds is 5. The van der Waals surface area contributed by atoms with E-state index < -0.39 is 10.0 Å². The Morgan fingerprint density at radius 2 is 2.00 bits per heavy atom. The summed E-state index contributed by atoms with van der Waals surface area (Å²) in [5, 5.41) is 3.24. The third kappa shape index (κ3) is 3.76. The Morgan fingerprint density at radius 3 is 2.59 bits per heavy atom. The van der Waals surface area contributed by atoms with Crippen LogP contribution in [0.25, 0.3) is 0 Å². The van der Waals surface area contributed by atoms with Gasteiger partial charge in [0.05, 0.1) is 0 Å². The molecule has 4 rings (SSSR count). The first-order chi connectivity index (χ1) is 12.9. The maximum absolute atomic E-state index is 12.7. The molecule has 3 aliphatic rings. The Balaban J connectivity index is 1.30. The van der Waals surface area contributed by atoms with Crippen LogP contribution in [0.15, 0.2) is 29.4 Å². The number of sulfonamides is 1. The maximum Gasteiger partial charge on any atom is 0.244 e. The van der Waals surface area contributed by atoms with Crippen LogP contribution in [-0.2, 0) is 14.8 Å². The van der Waals surface area contributed by atoms with E-state index in [0.717, 1.165) is 11.8 Å². The summed E-state index contributed by atoms with van der Waals surface area (Å²) >= 11 is 0. The van der Waals surface area contributed by atoms with Crippen LogP contribution in [-0.4, -0.2) is 42.7 Å². The molecule has 148 valence electrons. The third-order valence-corrected chi connectivity index (χ3v) is 8.78. The second-order valence-electron chi connectivity index (χ2n) is 8.50. The molecule has 1 N–H and O–H groups in total. The number of pyridine rings is 1. The number of fused-ring (bicyclic) bond motifs is 2. The van der Waals surface area contributed by atoms with E-state index in [2.05, 4.69) is 17.2 Å². The first-order valence-electron chi connectivity index (χ1n) is 10.2. The minimum Gasteiger partial charge on any atom is -0.353 e. The van der Waals surface area contributed by atoms with Gasteiger partial charge in [0.25, 0.3) is 0 Å². The van der Waals surface area contributed by atoms with Gasteiger partial charge in [-0.2, -0.15) is 4.31 Å². The topological polar surface area (TPSA) is 79.4 Å². The Morgan fingerprint density at radius 1 is 1.22 bits per heavy atom. The summed E-state index contributed by atoms with van der Waals surface area (Å²) < 4.78 is 26.8. The van der Waals surface area contributed by atoms with Gasteiger partial charge in [-0.05, 0) is 68.9 Å². The minimum absolute atomic E-state index is 0.0913. The maximum atomic E-state index is 12.7. The van der Waals surface area contributed by atoms with Crippen molar-refractivity contribution in [3.05, 3.63) is 24.5 Å². The lowest BCUT2D eigenvalue weighted by atomic mass is 9.83. The number of carbonyl (C=O) groups excluding carboxylic acids is 1. The molecule has 0 aromatic carbocycles. The molecule has 6 nitrogen and oxygen atoms in total. The van der Waals surface area contributed by atoms with Crippen LogP contribution in [0.1, 0.15) is 45.4 Å². The van der Waals surface area contributed by atoms with E-state index in [1.165, 1.54) is 36.2 Å². The van der Waals surface area contributed by atoms with Crippen molar-refractivity contribution in [3.8, 4) is 0 Å². The standard InChI is InChI=1S/C20H29N3O3S/c1-14(19-12-15-4-5-17(19)11-15)22-20(24)16-6-9-23(10-7-16)27(25,26)18-3-2-8-21-13-18/h2-3,8,13-17,19H,4-7,9-12H2,1H3,(H,22,24)/t14-,15-,17-,19+/m1/s1. The van der Waals surface area contributed by atoms with Crippen molar-refractivity contribution < 1.29 is 13.2 Å². The van der Waals surface area contributed by atoms with Gasteiger partial charge in [0, 0.05) is 37.4 Å². The van der Waals surface area contributed by atoms with Crippen LogP contribution in [0, 0.1) is 23.7 Å². The van der Waals surface area contributed by atoms with E-state index in [4.69, 9.17) is 0 Å². The first-order valence-corrected chi connectivity index (χ1v) is 11.6. The lowest BCUT2D eigenvalue weighted by molar-refractivity contribution is -0.127.